The van der Waals surface area contributed by atoms with E-state index in [0.29, 0.717) is 0 Å². The molecule has 2 heterocycles. The van der Waals surface area contributed by atoms with Gasteiger partial charge in [0.2, 0.25) is 0 Å². The van der Waals surface area contributed by atoms with Crippen LogP contribution in [0.3, 0.4) is 0 Å². The summed E-state index contributed by atoms with van der Waals surface area (Å²) in [5, 5.41) is 1.21. The molecule has 0 fully saturated rings. The molecule has 0 atom stereocenters. The average molecular weight is 387 g/mol. The number of fused-ring (bicyclic) bond motifs is 4. The highest BCUT2D eigenvalue weighted by Gasteiger charge is 2.26. The number of aromatic nitrogens is 1. The Labute approximate surface area is 167 Å². The number of nitrogens with zero attached hydrogens (tertiary/aromatic N) is 2. The maximum Gasteiger partial charge on any atom is 0.0723 e. The monoisotopic (exact) mass is 386 g/mol. The molecule has 4 aromatic rings. The largest absolute Gasteiger partial charge is 0.335 e. The quantitative estimate of drug-likeness (QED) is 0.361. The molecule has 27 heavy (non-hydrogen) atoms. The average Bonchev–Trinajstić information content (AvgIpc) is 2.73. The van der Waals surface area contributed by atoms with Crippen LogP contribution in [0.15, 0.2) is 93.7 Å². The van der Waals surface area contributed by atoms with Crippen LogP contribution in [0, 0.1) is 0 Å². The van der Waals surface area contributed by atoms with Gasteiger partial charge in [-0.15, -0.1) is 11.8 Å². The summed E-state index contributed by atoms with van der Waals surface area (Å²) in [6, 6.07) is 25.9. The summed E-state index contributed by atoms with van der Waals surface area (Å²) in [4.78, 5) is 10.9. The van der Waals surface area contributed by atoms with Gasteiger partial charge in [-0.2, -0.15) is 0 Å². The van der Waals surface area contributed by atoms with Crippen LogP contribution in [0.2, 0.25) is 0 Å². The summed E-state index contributed by atoms with van der Waals surface area (Å²) in [5.74, 6) is 0. The van der Waals surface area contributed by atoms with Crippen molar-refractivity contribution in [3.05, 3.63) is 84.6 Å². The highest BCUT2D eigenvalue weighted by Crippen LogP contribution is 2.51. The lowest BCUT2D eigenvalue weighted by atomic mass is 10.1. The predicted octanol–water partition coefficient (Wildman–Crippen LogP) is 6.76. The molecule has 0 aliphatic carbocycles. The first-order valence-electron chi connectivity index (χ1n) is 8.88. The summed E-state index contributed by atoms with van der Waals surface area (Å²) in [6.07, 6.45) is 4.15. The zero-order valence-electron chi connectivity index (χ0n) is 14.9. The molecule has 0 bridgehead atoms. The molecule has 132 valence electrons. The van der Waals surface area contributed by atoms with E-state index in [4.69, 9.17) is 4.98 Å². The summed E-state index contributed by atoms with van der Waals surface area (Å²) in [7, 11) is 0. The van der Waals surface area contributed by atoms with Gasteiger partial charge in [0.25, 0.3) is 0 Å². The maximum absolute atomic E-state index is 4.70. The van der Waals surface area contributed by atoms with E-state index < -0.39 is 0 Å². The molecule has 3 aromatic carbocycles. The number of hydrogen-bond donors (Lipinski definition) is 0. The van der Waals surface area contributed by atoms with Crippen LogP contribution in [0.1, 0.15) is 5.56 Å². The Morgan fingerprint density at radius 2 is 1.74 bits per heavy atom. The molecule has 5 rings (SSSR count). The summed E-state index contributed by atoms with van der Waals surface area (Å²) >= 11 is 3.61. The SMILES string of the molecule is CSc1ccc2c(c1)Sc1cnc3ccccc3c1N2Cc1ccccc1. The van der Waals surface area contributed by atoms with Crippen molar-refractivity contribution < 1.29 is 0 Å². The Kier molecular flexibility index (Phi) is 4.30. The van der Waals surface area contributed by atoms with E-state index in [-0.39, 0.29) is 0 Å². The van der Waals surface area contributed by atoms with Crippen molar-refractivity contribution in [1.29, 1.82) is 0 Å². The molecule has 0 N–H and O–H groups in total. The van der Waals surface area contributed by atoms with Gasteiger partial charge in [0.1, 0.15) is 0 Å². The Hall–Kier alpha value is -2.43. The summed E-state index contributed by atoms with van der Waals surface area (Å²) < 4.78 is 0. The van der Waals surface area contributed by atoms with E-state index in [0.717, 1.165) is 12.1 Å². The molecule has 4 heteroatoms. The van der Waals surface area contributed by atoms with Gasteiger partial charge in [-0.05, 0) is 36.1 Å². The topological polar surface area (TPSA) is 16.1 Å². The molecule has 0 unspecified atom stereocenters. The number of anilines is 2. The third-order valence-electron chi connectivity index (χ3n) is 4.84. The number of para-hydroxylation sites is 1. The molecule has 2 nitrogen and oxygen atoms in total. The lowest BCUT2D eigenvalue weighted by Crippen LogP contribution is -2.20. The Balaban J connectivity index is 1.73. The van der Waals surface area contributed by atoms with Crippen molar-refractivity contribution in [2.75, 3.05) is 11.2 Å². The lowest BCUT2D eigenvalue weighted by Gasteiger charge is -2.34. The van der Waals surface area contributed by atoms with Gasteiger partial charge in [0.15, 0.2) is 0 Å². The van der Waals surface area contributed by atoms with Crippen molar-refractivity contribution in [3.63, 3.8) is 0 Å². The van der Waals surface area contributed by atoms with E-state index in [9.17, 15) is 0 Å². The molecule has 0 saturated carbocycles. The number of rotatable bonds is 3. The van der Waals surface area contributed by atoms with Crippen molar-refractivity contribution in [2.45, 2.75) is 21.2 Å². The van der Waals surface area contributed by atoms with Crippen molar-refractivity contribution >= 4 is 45.8 Å². The third kappa shape index (κ3) is 2.99. The first kappa shape index (κ1) is 16.7. The van der Waals surface area contributed by atoms with Crippen LogP contribution in [0.4, 0.5) is 11.4 Å². The van der Waals surface area contributed by atoms with Crippen LogP contribution in [-0.4, -0.2) is 11.2 Å². The molecule has 1 aromatic heterocycles. The van der Waals surface area contributed by atoms with Gasteiger partial charge in [-0.3, -0.25) is 4.98 Å². The summed E-state index contributed by atoms with van der Waals surface area (Å²) in [6.45, 7) is 0.841. The molecule has 0 amide bonds. The second-order valence-corrected chi connectivity index (χ2v) is 8.46. The van der Waals surface area contributed by atoms with E-state index in [1.54, 1.807) is 11.8 Å². The van der Waals surface area contributed by atoms with Crippen LogP contribution in [0.5, 0.6) is 0 Å². The van der Waals surface area contributed by atoms with Crippen LogP contribution in [-0.2, 0) is 6.54 Å². The minimum Gasteiger partial charge on any atom is -0.335 e. The summed E-state index contributed by atoms with van der Waals surface area (Å²) in [5.41, 5.74) is 4.87. The van der Waals surface area contributed by atoms with Gasteiger partial charge < -0.3 is 4.90 Å². The van der Waals surface area contributed by atoms with E-state index in [2.05, 4.69) is 84.0 Å². The standard InChI is InChI=1S/C23H18N2S2/c1-26-17-11-12-20-21(13-17)27-22-14-24-19-10-6-5-9-18(19)23(22)25(20)15-16-7-3-2-4-8-16/h2-14H,15H2,1H3. The number of benzene rings is 3. The van der Waals surface area contributed by atoms with E-state index >= 15 is 0 Å². The first-order valence-corrected chi connectivity index (χ1v) is 10.9. The number of thioether (sulfide) groups is 1. The highest BCUT2D eigenvalue weighted by molar-refractivity contribution is 8.00. The smallest absolute Gasteiger partial charge is 0.0723 e. The fourth-order valence-corrected chi connectivity index (χ4v) is 5.20. The fourth-order valence-electron chi connectivity index (χ4n) is 3.56. The highest BCUT2D eigenvalue weighted by atomic mass is 32.2. The zero-order chi connectivity index (χ0) is 18.2. The Morgan fingerprint density at radius 3 is 2.59 bits per heavy atom. The molecule has 0 radical (unpaired) electrons. The van der Waals surface area contributed by atoms with Gasteiger partial charge in [0.05, 0.1) is 21.8 Å². The Bertz CT molecular complexity index is 1130. The van der Waals surface area contributed by atoms with Gasteiger partial charge in [0, 0.05) is 27.9 Å². The van der Waals surface area contributed by atoms with Crippen LogP contribution < -0.4 is 4.90 Å². The fraction of sp³-hybridized carbons (Fsp3) is 0.0870. The second-order valence-electron chi connectivity index (χ2n) is 6.50. The minimum absolute atomic E-state index is 0.841. The first-order chi connectivity index (χ1) is 13.3. The predicted molar refractivity (Wildman–Crippen MR) is 116 cm³/mol. The van der Waals surface area contributed by atoms with Crippen molar-refractivity contribution in [1.82, 2.24) is 4.98 Å². The van der Waals surface area contributed by atoms with Crippen molar-refractivity contribution in [2.24, 2.45) is 0 Å². The van der Waals surface area contributed by atoms with E-state index in [1.807, 2.05) is 18.0 Å². The third-order valence-corrected chi connectivity index (χ3v) is 6.64. The molecule has 0 saturated heterocycles. The minimum atomic E-state index is 0.841. The van der Waals surface area contributed by atoms with Crippen LogP contribution >= 0.6 is 23.5 Å². The van der Waals surface area contributed by atoms with Gasteiger partial charge >= 0.3 is 0 Å². The van der Waals surface area contributed by atoms with Crippen LogP contribution in [0.25, 0.3) is 10.9 Å². The molecular weight excluding hydrogens is 368 g/mol. The number of pyridine rings is 1. The number of hydrogen-bond acceptors (Lipinski definition) is 4. The van der Waals surface area contributed by atoms with Gasteiger partial charge in [-0.1, -0.05) is 60.3 Å². The van der Waals surface area contributed by atoms with Crippen molar-refractivity contribution in [3.8, 4) is 0 Å². The second kappa shape index (κ2) is 6.95. The maximum atomic E-state index is 4.70. The lowest BCUT2D eigenvalue weighted by molar-refractivity contribution is 0.937. The molecule has 1 aliphatic rings. The van der Waals surface area contributed by atoms with Gasteiger partial charge in [-0.25, -0.2) is 0 Å². The zero-order valence-corrected chi connectivity index (χ0v) is 16.6. The molecule has 1 aliphatic heterocycles. The Morgan fingerprint density at radius 1 is 0.926 bits per heavy atom. The van der Waals surface area contributed by atoms with E-state index in [1.165, 1.54) is 37.0 Å². The normalized spacial score (nSPS) is 12.7. The molecule has 0 spiro atoms. The molecular formula is C23H18N2S2.